The molecule has 0 bridgehead atoms. The molecule has 1 fully saturated rings. The zero-order chi connectivity index (χ0) is 12.0. The minimum absolute atomic E-state index is 0.392. The van der Waals surface area contributed by atoms with Crippen molar-refractivity contribution in [1.82, 2.24) is 5.32 Å². The first kappa shape index (κ1) is 14.0. The van der Waals surface area contributed by atoms with E-state index in [-0.39, 0.29) is 0 Å². The van der Waals surface area contributed by atoms with E-state index in [0.29, 0.717) is 23.5 Å². The number of unbranched alkanes of at least 4 members (excludes halogenated alkanes) is 1. The van der Waals surface area contributed by atoms with Gasteiger partial charge in [-0.2, -0.15) is 0 Å². The summed E-state index contributed by atoms with van der Waals surface area (Å²) in [5.74, 6) is 1.35. The second-order valence-corrected chi connectivity index (χ2v) is 7.35. The monoisotopic (exact) mass is 247 g/mol. The van der Waals surface area contributed by atoms with Gasteiger partial charge in [-0.25, -0.2) is 8.42 Å². The molecule has 0 aliphatic carbocycles. The summed E-state index contributed by atoms with van der Waals surface area (Å²) < 4.78 is 22.5. The molecule has 3 nitrogen and oxygen atoms in total. The van der Waals surface area contributed by atoms with Crippen LogP contribution in [0.1, 0.15) is 46.0 Å². The average Bonchev–Trinajstić information content (AvgIpc) is 2.25. The van der Waals surface area contributed by atoms with Crippen molar-refractivity contribution in [3.63, 3.8) is 0 Å². The van der Waals surface area contributed by atoms with Crippen molar-refractivity contribution in [1.29, 1.82) is 0 Å². The largest absolute Gasteiger partial charge is 0.314 e. The van der Waals surface area contributed by atoms with Gasteiger partial charge in [-0.3, -0.25) is 0 Å². The standard InChI is InChI=1S/C12H25NO2S/c1-3-4-5-11(2)13-10-12-6-8-16(14,15)9-7-12/h11-13H,3-10H2,1-2H3. The third-order valence-electron chi connectivity index (χ3n) is 3.42. The third-order valence-corrected chi connectivity index (χ3v) is 5.14. The molecule has 1 N–H and O–H groups in total. The molecule has 1 saturated heterocycles. The first-order valence-corrected chi connectivity index (χ1v) is 8.29. The van der Waals surface area contributed by atoms with Crippen molar-refractivity contribution in [3.05, 3.63) is 0 Å². The zero-order valence-electron chi connectivity index (χ0n) is 10.5. The lowest BCUT2D eigenvalue weighted by atomic mass is 10.0. The van der Waals surface area contributed by atoms with E-state index in [1.807, 2.05) is 0 Å². The lowest BCUT2D eigenvalue weighted by Gasteiger charge is -2.24. The highest BCUT2D eigenvalue weighted by atomic mass is 32.2. The molecule has 1 aliphatic rings. The van der Waals surface area contributed by atoms with Gasteiger partial charge in [0.1, 0.15) is 9.84 Å². The number of hydrogen-bond donors (Lipinski definition) is 1. The van der Waals surface area contributed by atoms with E-state index in [0.717, 1.165) is 19.4 Å². The van der Waals surface area contributed by atoms with Crippen LogP contribution in [-0.4, -0.2) is 32.5 Å². The van der Waals surface area contributed by atoms with Gasteiger partial charge < -0.3 is 5.32 Å². The van der Waals surface area contributed by atoms with Crippen LogP contribution in [0.4, 0.5) is 0 Å². The van der Waals surface area contributed by atoms with Crippen LogP contribution in [0.5, 0.6) is 0 Å². The van der Waals surface area contributed by atoms with Crippen LogP contribution >= 0.6 is 0 Å². The fraction of sp³-hybridized carbons (Fsp3) is 1.00. The van der Waals surface area contributed by atoms with E-state index < -0.39 is 9.84 Å². The molecule has 1 heterocycles. The van der Waals surface area contributed by atoms with Crippen LogP contribution in [0, 0.1) is 5.92 Å². The van der Waals surface area contributed by atoms with Crippen LogP contribution in [0.15, 0.2) is 0 Å². The first-order chi connectivity index (χ1) is 7.53. The normalized spacial score (nSPS) is 23.1. The maximum Gasteiger partial charge on any atom is 0.150 e. The molecule has 0 aromatic rings. The van der Waals surface area contributed by atoms with Gasteiger partial charge in [-0.05, 0) is 38.6 Å². The molecule has 0 saturated carbocycles. The molecule has 1 unspecified atom stereocenters. The van der Waals surface area contributed by atoms with Gasteiger partial charge in [0, 0.05) is 6.04 Å². The first-order valence-electron chi connectivity index (χ1n) is 6.47. The van der Waals surface area contributed by atoms with Gasteiger partial charge in [0.2, 0.25) is 0 Å². The lowest BCUT2D eigenvalue weighted by molar-refractivity contribution is 0.393. The minimum atomic E-state index is -2.70. The van der Waals surface area contributed by atoms with Crippen molar-refractivity contribution >= 4 is 9.84 Å². The van der Waals surface area contributed by atoms with E-state index in [4.69, 9.17) is 0 Å². The number of nitrogens with one attached hydrogen (secondary N) is 1. The van der Waals surface area contributed by atoms with Crippen molar-refractivity contribution in [2.45, 2.75) is 52.0 Å². The van der Waals surface area contributed by atoms with E-state index in [1.165, 1.54) is 19.3 Å². The summed E-state index contributed by atoms with van der Waals surface area (Å²) in [6.45, 7) is 5.41. The van der Waals surface area contributed by atoms with E-state index in [1.54, 1.807) is 0 Å². The summed E-state index contributed by atoms with van der Waals surface area (Å²) in [5.41, 5.74) is 0. The Morgan fingerprint density at radius 2 is 1.94 bits per heavy atom. The third kappa shape index (κ3) is 5.30. The van der Waals surface area contributed by atoms with Gasteiger partial charge in [0.25, 0.3) is 0 Å². The van der Waals surface area contributed by atoms with Crippen molar-refractivity contribution < 1.29 is 8.42 Å². The average molecular weight is 247 g/mol. The summed E-state index contributed by atoms with van der Waals surface area (Å²) >= 11 is 0. The molecule has 1 aliphatic heterocycles. The van der Waals surface area contributed by atoms with Gasteiger partial charge >= 0.3 is 0 Å². The SMILES string of the molecule is CCCCC(C)NCC1CCS(=O)(=O)CC1. The molecule has 1 atom stereocenters. The number of sulfone groups is 1. The number of hydrogen-bond acceptors (Lipinski definition) is 3. The van der Waals surface area contributed by atoms with E-state index in [9.17, 15) is 8.42 Å². The maximum atomic E-state index is 11.3. The Hall–Kier alpha value is -0.0900. The van der Waals surface area contributed by atoms with Crippen molar-refractivity contribution in [2.75, 3.05) is 18.1 Å². The summed E-state index contributed by atoms with van der Waals surface area (Å²) in [7, 11) is -2.70. The fourth-order valence-corrected chi connectivity index (χ4v) is 3.71. The Bertz CT molecular complexity index is 273. The van der Waals surface area contributed by atoms with Crippen LogP contribution < -0.4 is 5.32 Å². The van der Waals surface area contributed by atoms with Gasteiger partial charge in [0.15, 0.2) is 0 Å². The Kier molecular flexibility index (Phi) is 5.76. The summed E-state index contributed by atoms with van der Waals surface area (Å²) in [6.07, 6.45) is 5.42. The Morgan fingerprint density at radius 1 is 1.31 bits per heavy atom. The second kappa shape index (κ2) is 6.60. The molecular formula is C12H25NO2S. The Morgan fingerprint density at radius 3 is 2.50 bits per heavy atom. The molecular weight excluding hydrogens is 222 g/mol. The van der Waals surface area contributed by atoms with Crippen LogP contribution in [0.25, 0.3) is 0 Å². The second-order valence-electron chi connectivity index (χ2n) is 5.05. The quantitative estimate of drug-likeness (QED) is 0.780. The zero-order valence-corrected chi connectivity index (χ0v) is 11.4. The highest BCUT2D eigenvalue weighted by Crippen LogP contribution is 2.18. The molecule has 0 aromatic carbocycles. The van der Waals surface area contributed by atoms with E-state index >= 15 is 0 Å². The molecule has 0 aromatic heterocycles. The topological polar surface area (TPSA) is 46.2 Å². The van der Waals surface area contributed by atoms with Crippen LogP contribution in [0.3, 0.4) is 0 Å². The molecule has 0 spiro atoms. The van der Waals surface area contributed by atoms with E-state index in [2.05, 4.69) is 19.2 Å². The molecule has 96 valence electrons. The van der Waals surface area contributed by atoms with Gasteiger partial charge in [0.05, 0.1) is 11.5 Å². The van der Waals surface area contributed by atoms with Gasteiger partial charge in [-0.15, -0.1) is 0 Å². The van der Waals surface area contributed by atoms with Crippen LogP contribution in [0.2, 0.25) is 0 Å². The lowest BCUT2D eigenvalue weighted by Crippen LogP contribution is -2.35. The minimum Gasteiger partial charge on any atom is -0.314 e. The molecule has 16 heavy (non-hydrogen) atoms. The molecule has 0 amide bonds. The Balaban J connectivity index is 2.15. The van der Waals surface area contributed by atoms with Crippen molar-refractivity contribution in [2.24, 2.45) is 5.92 Å². The molecule has 1 rings (SSSR count). The summed E-state index contributed by atoms with van der Waals surface area (Å²) in [6, 6.07) is 0.568. The molecule has 0 radical (unpaired) electrons. The molecule has 4 heteroatoms. The summed E-state index contributed by atoms with van der Waals surface area (Å²) in [4.78, 5) is 0. The highest BCUT2D eigenvalue weighted by Gasteiger charge is 2.23. The van der Waals surface area contributed by atoms with Gasteiger partial charge in [-0.1, -0.05) is 19.8 Å². The van der Waals surface area contributed by atoms with Crippen molar-refractivity contribution in [3.8, 4) is 0 Å². The smallest absolute Gasteiger partial charge is 0.150 e. The fourth-order valence-electron chi connectivity index (χ4n) is 2.12. The summed E-state index contributed by atoms with van der Waals surface area (Å²) in [5, 5.41) is 3.52. The Labute approximate surface area is 99.9 Å². The maximum absolute atomic E-state index is 11.3. The predicted molar refractivity (Wildman–Crippen MR) is 68.4 cm³/mol. The highest BCUT2D eigenvalue weighted by molar-refractivity contribution is 7.91. The number of rotatable bonds is 6. The van der Waals surface area contributed by atoms with Crippen LogP contribution in [-0.2, 0) is 9.84 Å². The predicted octanol–water partition coefficient (Wildman–Crippen LogP) is 1.98.